The topological polar surface area (TPSA) is 20.2 Å². The summed E-state index contributed by atoms with van der Waals surface area (Å²) in [6.07, 6.45) is -4.85. The summed E-state index contributed by atoms with van der Waals surface area (Å²) in [5.74, 6) is -3.42. The summed E-state index contributed by atoms with van der Waals surface area (Å²) in [5.41, 5.74) is -1.45. The van der Waals surface area contributed by atoms with Gasteiger partial charge in [-0.1, -0.05) is 18.2 Å². The van der Waals surface area contributed by atoms with Crippen LogP contribution in [0, 0.1) is 17.5 Å². The zero-order valence-electron chi connectivity index (χ0n) is 12.9. The van der Waals surface area contributed by atoms with E-state index in [0.717, 1.165) is 18.2 Å². The molecular formula is C19H10F6O. The average molecular weight is 368 g/mol. The van der Waals surface area contributed by atoms with E-state index in [4.69, 9.17) is 0 Å². The van der Waals surface area contributed by atoms with Crippen LogP contribution in [0.25, 0.3) is 22.3 Å². The lowest BCUT2D eigenvalue weighted by molar-refractivity contribution is -0.139. The van der Waals surface area contributed by atoms with Gasteiger partial charge in [0, 0.05) is 17.2 Å². The molecule has 3 aromatic carbocycles. The number of rotatable bonds is 2. The van der Waals surface area contributed by atoms with Crippen molar-refractivity contribution < 1.29 is 31.4 Å². The molecule has 0 saturated carbocycles. The summed E-state index contributed by atoms with van der Waals surface area (Å²) in [7, 11) is 0. The van der Waals surface area contributed by atoms with Crippen LogP contribution in [0.15, 0.2) is 54.6 Å². The maximum absolute atomic E-state index is 14.4. The van der Waals surface area contributed by atoms with Gasteiger partial charge in [-0.3, -0.25) is 0 Å². The van der Waals surface area contributed by atoms with E-state index in [2.05, 4.69) is 0 Å². The Bertz CT molecular complexity index is 978. The van der Waals surface area contributed by atoms with Crippen LogP contribution in [-0.2, 0) is 6.18 Å². The van der Waals surface area contributed by atoms with E-state index in [-0.39, 0.29) is 28.0 Å². The number of phenolic OH excluding ortho intramolecular Hbond substituents is 1. The van der Waals surface area contributed by atoms with Gasteiger partial charge in [0.1, 0.15) is 23.2 Å². The summed E-state index contributed by atoms with van der Waals surface area (Å²) in [6.45, 7) is 0. The predicted molar refractivity (Wildman–Crippen MR) is 83.9 cm³/mol. The molecule has 0 aliphatic heterocycles. The fourth-order valence-electron chi connectivity index (χ4n) is 2.57. The minimum absolute atomic E-state index is 0.0341. The molecule has 0 unspecified atom stereocenters. The number of phenols is 1. The zero-order chi connectivity index (χ0) is 19.1. The lowest BCUT2D eigenvalue weighted by Crippen LogP contribution is -2.07. The molecule has 1 nitrogen and oxygen atoms in total. The van der Waals surface area contributed by atoms with Crippen LogP contribution in [0.3, 0.4) is 0 Å². The molecule has 0 aliphatic carbocycles. The van der Waals surface area contributed by atoms with Crippen molar-refractivity contribution in [2.24, 2.45) is 0 Å². The molecule has 134 valence electrons. The molecular weight excluding hydrogens is 358 g/mol. The summed E-state index contributed by atoms with van der Waals surface area (Å²) < 4.78 is 79.7. The van der Waals surface area contributed by atoms with Crippen molar-refractivity contribution in [1.82, 2.24) is 0 Å². The van der Waals surface area contributed by atoms with Gasteiger partial charge in [0.05, 0.1) is 5.56 Å². The Morgan fingerprint density at radius 2 is 1.12 bits per heavy atom. The summed E-state index contributed by atoms with van der Waals surface area (Å²) in [5, 5.41) is 9.21. The molecule has 0 aliphatic rings. The summed E-state index contributed by atoms with van der Waals surface area (Å²) in [6, 6.07) is 9.02. The molecule has 0 bridgehead atoms. The second kappa shape index (κ2) is 6.40. The number of alkyl halides is 3. The maximum atomic E-state index is 14.4. The Kier molecular flexibility index (Phi) is 4.39. The van der Waals surface area contributed by atoms with Crippen LogP contribution < -0.4 is 0 Å². The first-order chi connectivity index (χ1) is 12.2. The van der Waals surface area contributed by atoms with E-state index in [1.54, 1.807) is 0 Å². The minimum atomic E-state index is -4.85. The SMILES string of the molecule is Oc1ccc(-c2ccc(-c3ccc(C(F)(F)F)c(F)c3)c(F)c2)c(F)c1. The van der Waals surface area contributed by atoms with Gasteiger partial charge in [-0.25, -0.2) is 13.2 Å². The van der Waals surface area contributed by atoms with Crippen LogP contribution in [0.5, 0.6) is 5.75 Å². The van der Waals surface area contributed by atoms with E-state index >= 15 is 0 Å². The fourth-order valence-corrected chi connectivity index (χ4v) is 2.57. The number of halogens is 6. The monoisotopic (exact) mass is 368 g/mol. The quantitative estimate of drug-likeness (QED) is 0.537. The van der Waals surface area contributed by atoms with Gasteiger partial charge in [0.25, 0.3) is 0 Å². The van der Waals surface area contributed by atoms with Crippen LogP contribution in [0.2, 0.25) is 0 Å². The first-order valence-corrected chi connectivity index (χ1v) is 7.32. The van der Waals surface area contributed by atoms with Gasteiger partial charge in [0.2, 0.25) is 0 Å². The largest absolute Gasteiger partial charge is 0.508 e. The molecule has 0 atom stereocenters. The molecule has 0 amide bonds. The van der Waals surface area contributed by atoms with Crippen molar-refractivity contribution in [3.63, 3.8) is 0 Å². The van der Waals surface area contributed by atoms with Gasteiger partial charge in [-0.15, -0.1) is 0 Å². The van der Waals surface area contributed by atoms with Crippen LogP contribution in [0.4, 0.5) is 26.3 Å². The molecule has 0 saturated heterocycles. The molecule has 3 rings (SSSR count). The zero-order valence-corrected chi connectivity index (χ0v) is 12.9. The summed E-state index contributed by atoms with van der Waals surface area (Å²) >= 11 is 0. The number of benzene rings is 3. The number of aromatic hydroxyl groups is 1. The van der Waals surface area contributed by atoms with Crippen molar-refractivity contribution in [2.45, 2.75) is 6.18 Å². The molecule has 26 heavy (non-hydrogen) atoms. The van der Waals surface area contributed by atoms with Crippen molar-refractivity contribution in [2.75, 3.05) is 0 Å². The maximum Gasteiger partial charge on any atom is 0.419 e. The Morgan fingerprint density at radius 1 is 0.615 bits per heavy atom. The van der Waals surface area contributed by atoms with Crippen molar-refractivity contribution in [3.8, 4) is 28.0 Å². The Labute approximate surface area is 144 Å². The van der Waals surface area contributed by atoms with Crippen molar-refractivity contribution in [1.29, 1.82) is 0 Å². The van der Waals surface area contributed by atoms with E-state index in [9.17, 15) is 31.4 Å². The third kappa shape index (κ3) is 3.37. The predicted octanol–water partition coefficient (Wildman–Crippen LogP) is 6.16. The Morgan fingerprint density at radius 3 is 1.62 bits per heavy atom. The number of hydrogen-bond acceptors (Lipinski definition) is 1. The van der Waals surface area contributed by atoms with Crippen LogP contribution in [0.1, 0.15) is 5.56 Å². The summed E-state index contributed by atoms with van der Waals surface area (Å²) in [4.78, 5) is 0. The molecule has 0 radical (unpaired) electrons. The smallest absolute Gasteiger partial charge is 0.419 e. The molecule has 0 aromatic heterocycles. The minimum Gasteiger partial charge on any atom is -0.508 e. The second-order valence-corrected chi connectivity index (χ2v) is 5.55. The van der Waals surface area contributed by atoms with Crippen LogP contribution >= 0.6 is 0 Å². The molecule has 3 aromatic rings. The molecule has 0 spiro atoms. The first-order valence-electron chi connectivity index (χ1n) is 7.32. The highest BCUT2D eigenvalue weighted by Crippen LogP contribution is 2.35. The molecule has 0 fully saturated rings. The Hall–Kier alpha value is -2.96. The standard InChI is InChI=1S/C19H10F6O/c20-16-7-10(14-5-3-12(26)9-17(14)21)1-4-13(16)11-2-6-15(18(22)8-11)19(23,24)25/h1-9,26H. The van der Waals surface area contributed by atoms with Gasteiger partial charge in [-0.05, 0) is 41.5 Å². The van der Waals surface area contributed by atoms with E-state index in [0.29, 0.717) is 12.1 Å². The fraction of sp³-hybridized carbons (Fsp3) is 0.0526. The highest BCUT2D eigenvalue weighted by atomic mass is 19.4. The van der Waals surface area contributed by atoms with E-state index in [1.165, 1.54) is 24.3 Å². The van der Waals surface area contributed by atoms with Gasteiger partial charge in [0.15, 0.2) is 0 Å². The highest BCUT2D eigenvalue weighted by Gasteiger charge is 2.34. The third-order valence-corrected chi connectivity index (χ3v) is 3.82. The van der Waals surface area contributed by atoms with E-state index < -0.39 is 29.2 Å². The van der Waals surface area contributed by atoms with Gasteiger partial charge < -0.3 is 5.11 Å². The average Bonchev–Trinajstić information content (AvgIpc) is 2.53. The van der Waals surface area contributed by atoms with E-state index in [1.807, 2.05) is 0 Å². The Balaban J connectivity index is 2.02. The van der Waals surface area contributed by atoms with Crippen molar-refractivity contribution in [3.05, 3.63) is 77.6 Å². The van der Waals surface area contributed by atoms with Gasteiger partial charge >= 0.3 is 6.18 Å². The second-order valence-electron chi connectivity index (χ2n) is 5.55. The van der Waals surface area contributed by atoms with Gasteiger partial charge in [-0.2, -0.15) is 13.2 Å². The van der Waals surface area contributed by atoms with Crippen molar-refractivity contribution >= 4 is 0 Å². The lowest BCUT2D eigenvalue weighted by Gasteiger charge is -2.11. The van der Waals surface area contributed by atoms with Crippen LogP contribution in [-0.4, -0.2) is 5.11 Å². The molecule has 7 heteroatoms. The molecule has 1 N–H and O–H groups in total. The third-order valence-electron chi connectivity index (χ3n) is 3.82. The highest BCUT2D eigenvalue weighted by molar-refractivity contribution is 5.72. The molecule has 0 heterocycles. The first kappa shape index (κ1) is 17.8. The lowest BCUT2D eigenvalue weighted by atomic mass is 9.98. The normalized spacial score (nSPS) is 11.6. The number of hydrogen-bond donors (Lipinski definition) is 1.